The number of hydrogen-bond acceptors (Lipinski definition) is 4. The Bertz CT molecular complexity index is 308. The average molecular weight is 345 g/mol. The fraction of sp³-hybridized carbons (Fsp3) is 0.950. The number of unbranched alkanes of at least 4 members (excludes halogenated alkanes) is 4. The van der Waals surface area contributed by atoms with E-state index in [9.17, 15) is 4.79 Å². The summed E-state index contributed by atoms with van der Waals surface area (Å²) in [4.78, 5) is 11.8. The molecule has 0 aromatic rings. The van der Waals surface area contributed by atoms with Crippen molar-refractivity contribution in [3.05, 3.63) is 0 Å². The fourth-order valence-corrected chi connectivity index (χ4v) is 1.94. The zero-order valence-corrected chi connectivity index (χ0v) is 17.1. The van der Waals surface area contributed by atoms with Gasteiger partial charge in [-0.1, -0.05) is 74.1 Å². The maximum absolute atomic E-state index is 11.8. The summed E-state index contributed by atoms with van der Waals surface area (Å²) in [5, 5.41) is 0. The second kappa shape index (κ2) is 11.9. The van der Waals surface area contributed by atoms with E-state index in [-0.39, 0.29) is 23.4 Å². The summed E-state index contributed by atoms with van der Waals surface area (Å²) >= 11 is 0. The molecule has 0 aliphatic heterocycles. The van der Waals surface area contributed by atoms with E-state index in [4.69, 9.17) is 14.2 Å². The third-order valence-corrected chi connectivity index (χ3v) is 3.27. The maximum Gasteiger partial charge on any atom is 0.305 e. The van der Waals surface area contributed by atoms with Gasteiger partial charge < -0.3 is 14.2 Å². The average Bonchev–Trinajstić information content (AvgIpc) is 2.44. The molecule has 0 aliphatic rings. The van der Waals surface area contributed by atoms with Gasteiger partial charge in [-0.25, -0.2) is 0 Å². The molecule has 144 valence electrons. The molecule has 0 saturated carbocycles. The molecule has 4 heteroatoms. The van der Waals surface area contributed by atoms with Crippen LogP contribution in [0.3, 0.4) is 0 Å². The summed E-state index contributed by atoms with van der Waals surface area (Å²) in [6.45, 7) is 16.1. The molecule has 0 amide bonds. The van der Waals surface area contributed by atoms with Crippen LogP contribution in [-0.2, 0) is 19.0 Å². The molecular weight excluding hydrogens is 304 g/mol. The molecule has 0 N–H and O–H groups in total. The lowest BCUT2D eigenvalue weighted by molar-refractivity contribution is -0.198. The lowest BCUT2D eigenvalue weighted by Gasteiger charge is -2.27. The van der Waals surface area contributed by atoms with Gasteiger partial charge in [0.15, 0.2) is 6.29 Å². The van der Waals surface area contributed by atoms with E-state index < -0.39 is 6.29 Å². The molecule has 0 aliphatic carbocycles. The summed E-state index contributed by atoms with van der Waals surface area (Å²) < 4.78 is 17.0. The Kier molecular flexibility index (Phi) is 11.6. The van der Waals surface area contributed by atoms with Crippen molar-refractivity contribution in [2.45, 2.75) is 93.3 Å². The van der Waals surface area contributed by atoms with Crippen LogP contribution in [0.2, 0.25) is 0 Å². The number of carbonyl (C=O) groups excluding carboxylic acids is 1. The van der Waals surface area contributed by atoms with Gasteiger partial charge in [0.05, 0.1) is 13.2 Å². The molecule has 0 aromatic heterocycles. The molecular formula is C20H40O4. The summed E-state index contributed by atoms with van der Waals surface area (Å²) in [5.41, 5.74) is 0.0965. The SMILES string of the molecule is CCCCCCCC(=O)OCC(OCC(C)(C)C)OCC(C)(C)C. The van der Waals surface area contributed by atoms with Crippen molar-refractivity contribution in [2.24, 2.45) is 10.8 Å². The fourth-order valence-electron chi connectivity index (χ4n) is 1.94. The molecule has 0 radical (unpaired) electrons. The van der Waals surface area contributed by atoms with Gasteiger partial charge in [0.1, 0.15) is 6.61 Å². The first-order valence-electron chi connectivity index (χ1n) is 9.42. The third kappa shape index (κ3) is 16.3. The Morgan fingerprint density at radius 3 is 1.79 bits per heavy atom. The van der Waals surface area contributed by atoms with Crippen molar-refractivity contribution < 1.29 is 19.0 Å². The summed E-state index contributed by atoms with van der Waals surface area (Å²) in [6.07, 6.45) is 5.61. The topological polar surface area (TPSA) is 44.8 Å². The molecule has 24 heavy (non-hydrogen) atoms. The van der Waals surface area contributed by atoms with Crippen molar-refractivity contribution in [2.75, 3.05) is 19.8 Å². The molecule has 0 rings (SSSR count). The van der Waals surface area contributed by atoms with Crippen LogP contribution in [0.1, 0.15) is 87.0 Å². The highest BCUT2D eigenvalue weighted by molar-refractivity contribution is 5.69. The zero-order valence-electron chi connectivity index (χ0n) is 17.1. The normalized spacial score (nSPS) is 12.7. The second-order valence-electron chi connectivity index (χ2n) is 9.02. The molecule has 0 aromatic carbocycles. The minimum absolute atomic E-state index is 0.0482. The highest BCUT2D eigenvalue weighted by Gasteiger charge is 2.20. The van der Waals surface area contributed by atoms with Crippen molar-refractivity contribution in [3.63, 3.8) is 0 Å². The van der Waals surface area contributed by atoms with Crippen LogP contribution in [0, 0.1) is 10.8 Å². The Balaban J connectivity index is 4.15. The van der Waals surface area contributed by atoms with E-state index in [2.05, 4.69) is 48.5 Å². The first-order valence-corrected chi connectivity index (χ1v) is 9.42. The van der Waals surface area contributed by atoms with Gasteiger partial charge in [0.2, 0.25) is 0 Å². The first kappa shape index (κ1) is 23.4. The van der Waals surface area contributed by atoms with Gasteiger partial charge in [0.25, 0.3) is 0 Å². The van der Waals surface area contributed by atoms with Gasteiger partial charge in [-0.3, -0.25) is 4.79 Å². The minimum Gasteiger partial charge on any atom is -0.460 e. The molecule has 0 atom stereocenters. The van der Waals surface area contributed by atoms with E-state index in [1.807, 2.05) is 0 Å². The van der Waals surface area contributed by atoms with Crippen LogP contribution in [0.15, 0.2) is 0 Å². The minimum atomic E-state index is -0.493. The van der Waals surface area contributed by atoms with Crippen molar-refractivity contribution in [1.29, 1.82) is 0 Å². The number of esters is 1. The van der Waals surface area contributed by atoms with E-state index in [0.29, 0.717) is 19.6 Å². The Morgan fingerprint density at radius 2 is 1.33 bits per heavy atom. The summed E-state index contributed by atoms with van der Waals surface area (Å²) in [5.74, 6) is -0.157. The van der Waals surface area contributed by atoms with Crippen LogP contribution in [0.5, 0.6) is 0 Å². The largest absolute Gasteiger partial charge is 0.460 e. The van der Waals surface area contributed by atoms with Gasteiger partial charge in [-0.2, -0.15) is 0 Å². The molecule has 0 fully saturated rings. The van der Waals surface area contributed by atoms with E-state index >= 15 is 0 Å². The number of carbonyl (C=O) groups is 1. The molecule has 0 bridgehead atoms. The van der Waals surface area contributed by atoms with Crippen molar-refractivity contribution in [1.82, 2.24) is 0 Å². The van der Waals surface area contributed by atoms with Gasteiger partial charge in [-0.15, -0.1) is 0 Å². The van der Waals surface area contributed by atoms with Crippen LogP contribution in [-0.4, -0.2) is 32.1 Å². The number of hydrogen-bond donors (Lipinski definition) is 0. The zero-order chi connectivity index (χ0) is 18.6. The molecule has 0 saturated heterocycles. The molecule has 0 heterocycles. The van der Waals surface area contributed by atoms with E-state index in [1.165, 1.54) is 19.3 Å². The smallest absolute Gasteiger partial charge is 0.305 e. The van der Waals surface area contributed by atoms with Gasteiger partial charge >= 0.3 is 5.97 Å². The van der Waals surface area contributed by atoms with Crippen LogP contribution in [0.25, 0.3) is 0 Å². The quantitative estimate of drug-likeness (QED) is 0.272. The van der Waals surface area contributed by atoms with Gasteiger partial charge in [0, 0.05) is 6.42 Å². The monoisotopic (exact) mass is 344 g/mol. The Morgan fingerprint density at radius 1 is 0.833 bits per heavy atom. The van der Waals surface area contributed by atoms with Crippen LogP contribution >= 0.6 is 0 Å². The van der Waals surface area contributed by atoms with Gasteiger partial charge in [-0.05, 0) is 17.3 Å². The molecule has 0 spiro atoms. The Labute approximate surface area is 149 Å². The standard InChI is InChI=1S/C20H40O4/c1-8-9-10-11-12-13-17(21)22-14-18(23-15-19(2,3)4)24-16-20(5,6)7/h18H,8-16H2,1-7H3. The van der Waals surface area contributed by atoms with Crippen LogP contribution < -0.4 is 0 Å². The number of rotatable bonds is 12. The summed E-state index contributed by atoms with van der Waals surface area (Å²) in [7, 11) is 0. The predicted octanol–water partition coefficient (Wildman–Crippen LogP) is 5.34. The lowest BCUT2D eigenvalue weighted by atomic mass is 9.98. The van der Waals surface area contributed by atoms with E-state index in [0.717, 1.165) is 12.8 Å². The molecule has 4 nitrogen and oxygen atoms in total. The lowest BCUT2D eigenvalue weighted by Crippen LogP contribution is -2.31. The van der Waals surface area contributed by atoms with Crippen molar-refractivity contribution in [3.8, 4) is 0 Å². The Hall–Kier alpha value is -0.610. The van der Waals surface area contributed by atoms with Crippen molar-refractivity contribution >= 4 is 5.97 Å². The summed E-state index contributed by atoms with van der Waals surface area (Å²) in [6, 6.07) is 0. The highest BCUT2D eigenvalue weighted by atomic mass is 16.7. The van der Waals surface area contributed by atoms with E-state index in [1.54, 1.807) is 0 Å². The number of ether oxygens (including phenoxy) is 3. The first-order chi connectivity index (χ1) is 11.0. The van der Waals surface area contributed by atoms with Crippen LogP contribution in [0.4, 0.5) is 0 Å². The maximum atomic E-state index is 11.8. The highest BCUT2D eigenvalue weighted by Crippen LogP contribution is 2.18. The molecule has 0 unspecified atom stereocenters. The second-order valence-corrected chi connectivity index (χ2v) is 9.02. The predicted molar refractivity (Wildman–Crippen MR) is 98.9 cm³/mol. The third-order valence-electron chi connectivity index (χ3n) is 3.27.